The van der Waals surface area contributed by atoms with Gasteiger partial charge in [0.05, 0.1) is 17.5 Å². The zero-order valence-corrected chi connectivity index (χ0v) is 13.6. The number of Topliss-reactive ketones (excluding diaryl/α,β-unsaturated/α-hetero) is 1. The number of carbonyl (C=O) groups excluding carboxylic acids is 4. The summed E-state index contributed by atoms with van der Waals surface area (Å²) in [6, 6.07) is 11.3. The summed E-state index contributed by atoms with van der Waals surface area (Å²) in [5.74, 6) is -2.57. The number of carbonyl (C=O) groups is 4. The summed E-state index contributed by atoms with van der Waals surface area (Å²) >= 11 is 0. The van der Waals surface area contributed by atoms with Gasteiger partial charge in [-0.05, 0) is 36.4 Å². The first-order chi connectivity index (χ1) is 12.5. The number of rotatable bonds is 6. The molecule has 0 saturated heterocycles. The van der Waals surface area contributed by atoms with E-state index in [0.29, 0.717) is 11.1 Å². The molecule has 0 N–H and O–H groups in total. The average Bonchev–Trinajstić information content (AvgIpc) is 2.89. The normalized spacial score (nSPS) is 12.9. The Morgan fingerprint density at radius 1 is 0.923 bits per heavy atom. The monoisotopic (exact) mass is 355 g/mol. The second-order valence-corrected chi connectivity index (χ2v) is 5.65. The molecular formula is C19H14FNO5. The molecule has 0 saturated carbocycles. The highest BCUT2D eigenvalue weighted by Gasteiger charge is 2.35. The van der Waals surface area contributed by atoms with Crippen molar-refractivity contribution in [2.45, 2.75) is 6.42 Å². The number of amides is 2. The Hall–Kier alpha value is -3.35. The van der Waals surface area contributed by atoms with Crippen molar-refractivity contribution in [3.63, 3.8) is 0 Å². The quantitative estimate of drug-likeness (QED) is 0.451. The van der Waals surface area contributed by atoms with Gasteiger partial charge in [0.15, 0.2) is 12.4 Å². The minimum atomic E-state index is -0.711. The highest BCUT2D eigenvalue weighted by Crippen LogP contribution is 2.22. The van der Waals surface area contributed by atoms with Crippen LogP contribution in [0.5, 0.6) is 0 Å². The summed E-state index contributed by atoms with van der Waals surface area (Å²) in [5.41, 5.74) is 0.828. The van der Waals surface area contributed by atoms with Gasteiger partial charge < -0.3 is 4.74 Å². The molecule has 0 aliphatic carbocycles. The van der Waals surface area contributed by atoms with Gasteiger partial charge in [0.2, 0.25) is 0 Å². The largest absolute Gasteiger partial charge is 0.457 e. The Bertz CT molecular complexity index is 856. The van der Waals surface area contributed by atoms with Crippen molar-refractivity contribution in [2.24, 2.45) is 0 Å². The standard InChI is InChI=1S/C19H14FNO5/c20-13-7-5-12(6-8-13)16(22)11-26-17(23)9-10-21-18(24)14-3-1-2-4-15(14)19(21)25/h1-8H,9-11H2. The molecule has 0 unspecified atom stereocenters. The number of nitrogens with zero attached hydrogens (tertiary/aromatic N) is 1. The molecule has 26 heavy (non-hydrogen) atoms. The first-order valence-electron chi connectivity index (χ1n) is 7.87. The first kappa shape index (κ1) is 17.5. The molecule has 2 aromatic carbocycles. The van der Waals surface area contributed by atoms with Crippen LogP contribution in [-0.4, -0.2) is 41.6 Å². The molecule has 0 aromatic heterocycles. The zero-order valence-electron chi connectivity index (χ0n) is 13.6. The number of benzene rings is 2. The van der Waals surface area contributed by atoms with Crippen LogP contribution in [0, 0.1) is 5.82 Å². The molecule has 0 spiro atoms. The summed E-state index contributed by atoms with van der Waals surface area (Å²) in [5, 5.41) is 0. The Labute approximate surface area is 148 Å². The Balaban J connectivity index is 1.50. The number of ketones is 1. The molecule has 0 fully saturated rings. The van der Waals surface area contributed by atoms with Crippen molar-refractivity contribution in [3.05, 3.63) is 71.0 Å². The van der Waals surface area contributed by atoms with E-state index in [1.807, 2.05) is 0 Å². The van der Waals surface area contributed by atoms with Crippen LogP contribution in [-0.2, 0) is 9.53 Å². The van der Waals surface area contributed by atoms with Gasteiger partial charge in [-0.25, -0.2) is 4.39 Å². The number of ether oxygens (including phenoxy) is 1. The van der Waals surface area contributed by atoms with Crippen molar-refractivity contribution >= 4 is 23.6 Å². The van der Waals surface area contributed by atoms with E-state index >= 15 is 0 Å². The summed E-state index contributed by atoms with van der Waals surface area (Å²) in [7, 11) is 0. The third-order valence-electron chi connectivity index (χ3n) is 3.95. The van der Waals surface area contributed by atoms with Crippen molar-refractivity contribution in [1.82, 2.24) is 4.90 Å². The summed E-state index contributed by atoms with van der Waals surface area (Å²) in [4.78, 5) is 49.0. The summed E-state index contributed by atoms with van der Waals surface area (Å²) < 4.78 is 17.7. The topological polar surface area (TPSA) is 80.8 Å². The summed E-state index contributed by atoms with van der Waals surface area (Å²) in [6.45, 7) is -0.623. The third-order valence-corrected chi connectivity index (χ3v) is 3.95. The van der Waals surface area contributed by atoms with Gasteiger partial charge in [-0.3, -0.25) is 24.1 Å². The van der Waals surface area contributed by atoms with Gasteiger partial charge in [-0.15, -0.1) is 0 Å². The van der Waals surface area contributed by atoms with Gasteiger partial charge in [-0.1, -0.05) is 12.1 Å². The minimum Gasteiger partial charge on any atom is -0.457 e. The molecule has 0 bridgehead atoms. The molecular weight excluding hydrogens is 341 g/mol. The Morgan fingerprint density at radius 2 is 1.50 bits per heavy atom. The Morgan fingerprint density at radius 3 is 2.08 bits per heavy atom. The highest BCUT2D eigenvalue weighted by molar-refractivity contribution is 6.21. The SMILES string of the molecule is O=C(CCN1C(=O)c2ccccc2C1=O)OCC(=O)c1ccc(F)cc1. The van der Waals surface area contributed by atoms with Crippen LogP contribution in [0.4, 0.5) is 4.39 Å². The number of imide groups is 1. The minimum absolute atomic E-state index is 0.129. The fourth-order valence-electron chi connectivity index (χ4n) is 2.58. The van der Waals surface area contributed by atoms with Gasteiger partial charge in [0.25, 0.3) is 11.8 Å². The van der Waals surface area contributed by atoms with Gasteiger partial charge in [-0.2, -0.15) is 0 Å². The van der Waals surface area contributed by atoms with Crippen LogP contribution in [0.1, 0.15) is 37.5 Å². The third kappa shape index (κ3) is 3.51. The van der Waals surface area contributed by atoms with E-state index in [-0.39, 0.29) is 18.5 Å². The van der Waals surface area contributed by atoms with E-state index in [1.54, 1.807) is 24.3 Å². The van der Waals surface area contributed by atoms with E-state index < -0.39 is 36.0 Å². The van der Waals surface area contributed by atoms with Crippen molar-refractivity contribution < 1.29 is 28.3 Å². The number of halogens is 1. The van der Waals surface area contributed by atoms with E-state index in [4.69, 9.17) is 4.74 Å². The van der Waals surface area contributed by atoms with Crippen LogP contribution < -0.4 is 0 Å². The van der Waals surface area contributed by atoms with E-state index in [2.05, 4.69) is 0 Å². The van der Waals surface area contributed by atoms with Gasteiger partial charge >= 0.3 is 5.97 Å². The second-order valence-electron chi connectivity index (χ2n) is 5.65. The predicted octanol–water partition coefficient (Wildman–Crippen LogP) is 2.24. The van der Waals surface area contributed by atoms with E-state index in [9.17, 15) is 23.6 Å². The lowest BCUT2D eigenvalue weighted by atomic mass is 10.1. The average molecular weight is 355 g/mol. The smallest absolute Gasteiger partial charge is 0.308 e. The molecule has 0 atom stereocenters. The van der Waals surface area contributed by atoms with E-state index in [0.717, 1.165) is 17.0 Å². The number of hydrogen-bond acceptors (Lipinski definition) is 5. The van der Waals surface area contributed by atoms with Gasteiger partial charge in [0.1, 0.15) is 5.82 Å². The zero-order chi connectivity index (χ0) is 18.7. The number of esters is 1. The molecule has 132 valence electrons. The molecule has 1 heterocycles. The summed E-state index contributed by atoms with van der Waals surface area (Å²) in [6.07, 6.45) is -0.220. The van der Waals surface area contributed by atoms with Crippen molar-refractivity contribution in [3.8, 4) is 0 Å². The van der Waals surface area contributed by atoms with Crippen LogP contribution in [0.25, 0.3) is 0 Å². The number of fused-ring (bicyclic) bond motifs is 1. The number of hydrogen-bond donors (Lipinski definition) is 0. The first-order valence-corrected chi connectivity index (χ1v) is 7.87. The van der Waals surface area contributed by atoms with Crippen molar-refractivity contribution in [2.75, 3.05) is 13.2 Å². The lowest BCUT2D eigenvalue weighted by molar-refractivity contribution is -0.142. The highest BCUT2D eigenvalue weighted by atomic mass is 19.1. The maximum absolute atomic E-state index is 12.8. The van der Waals surface area contributed by atoms with Crippen LogP contribution in [0.2, 0.25) is 0 Å². The fraction of sp³-hybridized carbons (Fsp3) is 0.158. The van der Waals surface area contributed by atoms with E-state index in [1.165, 1.54) is 12.1 Å². The Kier molecular flexibility index (Phi) is 4.88. The van der Waals surface area contributed by atoms with Gasteiger partial charge in [0, 0.05) is 12.1 Å². The molecule has 3 rings (SSSR count). The van der Waals surface area contributed by atoms with Crippen LogP contribution in [0.3, 0.4) is 0 Å². The second kappa shape index (κ2) is 7.26. The molecule has 2 aromatic rings. The lowest BCUT2D eigenvalue weighted by Gasteiger charge is -2.13. The van der Waals surface area contributed by atoms with Crippen molar-refractivity contribution in [1.29, 1.82) is 0 Å². The van der Waals surface area contributed by atoms with Crippen LogP contribution in [0.15, 0.2) is 48.5 Å². The maximum Gasteiger partial charge on any atom is 0.308 e. The maximum atomic E-state index is 12.8. The van der Waals surface area contributed by atoms with Crippen LogP contribution >= 0.6 is 0 Å². The molecule has 1 aliphatic heterocycles. The molecule has 1 aliphatic rings. The lowest BCUT2D eigenvalue weighted by Crippen LogP contribution is -2.32. The molecule has 7 heteroatoms. The predicted molar refractivity (Wildman–Crippen MR) is 88.1 cm³/mol. The fourth-order valence-corrected chi connectivity index (χ4v) is 2.58. The molecule has 0 radical (unpaired) electrons. The molecule has 2 amide bonds. The molecule has 6 nitrogen and oxygen atoms in total.